The second-order valence-electron chi connectivity index (χ2n) is 15.1. The van der Waals surface area contributed by atoms with Gasteiger partial charge in [-0.3, -0.25) is 39.1 Å². The van der Waals surface area contributed by atoms with E-state index in [4.69, 9.17) is 15.2 Å². The standard InChI is InChI=1S/C40H41F3N8O7/c1-20(22-11-23(40(41,42)43)13-24(44)12-22)45-35-28-15-32(31(57-4)16-29(28)46-21(2)47-35)58-19-39(9-10-39)18-50(3)17-34(53)48-25-5-6-26-27(14-25)38(56)51(37(26)55)30-7-8-33(52)49-36(30)54/h5-6,11-16,20,30H,7-10,17-19,44H2,1-4H3,(H,48,53)(H,45,46,47)(H,49,52,54)/t20-,30?/m1/s1. The predicted octanol–water partition coefficient (Wildman–Crippen LogP) is 4.85. The Balaban J connectivity index is 0.991. The number of hydrogen-bond donors (Lipinski definition) is 4. The molecule has 304 valence electrons. The number of likely N-dealkylation sites (N-methyl/N-ethyl adjacent to an activating group) is 1. The topological polar surface area (TPSA) is 198 Å². The van der Waals surface area contributed by atoms with Crippen molar-refractivity contribution in [2.75, 3.05) is 50.2 Å². The van der Waals surface area contributed by atoms with E-state index in [1.165, 1.54) is 31.4 Å². The molecule has 1 saturated heterocycles. The number of halogens is 3. The van der Waals surface area contributed by atoms with Crippen LogP contribution in [-0.4, -0.2) is 89.2 Å². The van der Waals surface area contributed by atoms with Crippen LogP contribution < -0.4 is 31.2 Å². The highest BCUT2D eigenvalue weighted by molar-refractivity contribution is 6.24. The number of rotatable bonds is 13. The highest BCUT2D eigenvalue weighted by atomic mass is 19.4. The molecule has 2 aliphatic heterocycles. The van der Waals surface area contributed by atoms with Crippen molar-refractivity contribution >= 4 is 57.6 Å². The fraction of sp³-hybridized carbons (Fsp3) is 0.375. The summed E-state index contributed by atoms with van der Waals surface area (Å²) in [6, 6.07) is 9.50. The van der Waals surface area contributed by atoms with Crippen molar-refractivity contribution in [3.63, 3.8) is 0 Å². The zero-order chi connectivity index (χ0) is 41.7. The molecule has 18 heteroatoms. The van der Waals surface area contributed by atoms with E-state index in [-0.39, 0.29) is 47.5 Å². The lowest BCUT2D eigenvalue weighted by Crippen LogP contribution is -2.54. The normalized spacial score (nSPS) is 17.9. The fourth-order valence-corrected chi connectivity index (χ4v) is 7.39. The number of nitrogens with zero attached hydrogens (tertiary/aromatic N) is 4. The Hall–Kier alpha value is -6.30. The molecule has 7 rings (SSSR count). The monoisotopic (exact) mass is 802 g/mol. The number of alkyl halides is 3. The maximum atomic E-state index is 13.5. The number of hydrogen-bond acceptors (Lipinski definition) is 12. The molecule has 1 aromatic heterocycles. The number of aromatic nitrogens is 2. The molecule has 0 radical (unpaired) electrons. The summed E-state index contributed by atoms with van der Waals surface area (Å²) in [7, 11) is 3.31. The molecular formula is C40H41F3N8O7. The van der Waals surface area contributed by atoms with Crippen LogP contribution in [0.15, 0.2) is 48.5 Å². The van der Waals surface area contributed by atoms with E-state index in [2.05, 4.69) is 25.9 Å². The van der Waals surface area contributed by atoms with Gasteiger partial charge < -0.3 is 25.8 Å². The largest absolute Gasteiger partial charge is 0.493 e. The van der Waals surface area contributed by atoms with Gasteiger partial charge in [-0.2, -0.15) is 13.2 Å². The number of aryl methyl sites for hydroxylation is 1. The molecule has 3 heterocycles. The third-order valence-electron chi connectivity index (χ3n) is 10.5. The molecule has 5 N–H and O–H groups in total. The number of methoxy groups -OCH3 is 1. The Kier molecular flexibility index (Phi) is 10.5. The zero-order valence-corrected chi connectivity index (χ0v) is 32.1. The molecule has 15 nitrogen and oxygen atoms in total. The molecule has 5 amide bonds. The number of carbonyl (C=O) groups is 5. The molecule has 4 aromatic rings. The molecule has 0 spiro atoms. The van der Waals surface area contributed by atoms with E-state index in [9.17, 15) is 37.1 Å². The van der Waals surface area contributed by atoms with Gasteiger partial charge in [-0.05, 0) is 88.2 Å². The van der Waals surface area contributed by atoms with Crippen LogP contribution in [0.1, 0.15) is 76.3 Å². The highest BCUT2D eigenvalue weighted by Gasteiger charge is 2.46. The maximum absolute atomic E-state index is 13.5. The summed E-state index contributed by atoms with van der Waals surface area (Å²) in [6.07, 6.45) is -2.84. The number of nitrogen functional groups attached to an aromatic ring is 1. The number of nitrogens with one attached hydrogen (secondary N) is 3. The minimum atomic E-state index is -4.56. The lowest BCUT2D eigenvalue weighted by atomic mass is 10.0. The minimum absolute atomic E-state index is 0.00509. The van der Waals surface area contributed by atoms with Crippen LogP contribution in [0, 0.1) is 12.3 Å². The summed E-state index contributed by atoms with van der Waals surface area (Å²) >= 11 is 0. The van der Waals surface area contributed by atoms with Crippen molar-refractivity contribution in [1.29, 1.82) is 0 Å². The number of benzene rings is 3. The van der Waals surface area contributed by atoms with Crippen molar-refractivity contribution < 1.29 is 46.6 Å². The Bertz CT molecular complexity index is 2370. The molecule has 2 fully saturated rings. The first kappa shape index (κ1) is 39.9. The SMILES string of the molecule is COc1cc2nc(C)nc(N[C@H](C)c3cc(N)cc(C(F)(F)F)c3)c2cc1OCC1(CN(C)CC(=O)Nc2ccc3c(c2)C(=O)N(C2CCC(=O)NC2=O)C3=O)CC1. The molecular weight excluding hydrogens is 761 g/mol. The van der Waals surface area contributed by atoms with Gasteiger partial charge in [0.15, 0.2) is 11.5 Å². The first-order valence-electron chi connectivity index (χ1n) is 18.5. The Labute approximate surface area is 330 Å². The van der Waals surface area contributed by atoms with E-state index in [0.29, 0.717) is 58.4 Å². The molecule has 3 aliphatic rings. The van der Waals surface area contributed by atoms with Gasteiger partial charge in [0.1, 0.15) is 17.7 Å². The van der Waals surface area contributed by atoms with Crippen molar-refractivity contribution in [3.8, 4) is 11.5 Å². The van der Waals surface area contributed by atoms with Crippen LogP contribution >= 0.6 is 0 Å². The van der Waals surface area contributed by atoms with Gasteiger partial charge in [0.25, 0.3) is 11.8 Å². The average molecular weight is 803 g/mol. The van der Waals surface area contributed by atoms with Gasteiger partial charge in [0, 0.05) is 41.2 Å². The number of ether oxygens (including phenoxy) is 2. The van der Waals surface area contributed by atoms with E-state index < -0.39 is 47.5 Å². The van der Waals surface area contributed by atoms with Gasteiger partial charge in [-0.15, -0.1) is 0 Å². The van der Waals surface area contributed by atoms with Crippen molar-refractivity contribution in [1.82, 2.24) is 25.1 Å². The van der Waals surface area contributed by atoms with Gasteiger partial charge in [-0.25, -0.2) is 9.97 Å². The predicted molar refractivity (Wildman–Crippen MR) is 205 cm³/mol. The molecule has 2 atom stereocenters. The molecule has 3 aromatic carbocycles. The summed E-state index contributed by atoms with van der Waals surface area (Å²) < 4.78 is 52.6. The Morgan fingerprint density at radius 1 is 1.05 bits per heavy atom. The molecule has 58 heavy (non-hydrogen) atoms. The van der Waals surface area contributed by atoms with E-state index in [1.807, 2.05) is 4.90 Å². The maximum Gasteiger partial charge on any atom is 0.416 e. The summed E-state index contributed by atoms with van der Waals surface area (Å²) in [5.41, 5.74) is 6.02. The summed E-state index contributed by atoms with van der Waals surface area (Å²) in [5.74, 6) is -1.19. The number of fused-ring (bicyclic) bond motifs is 2. The fourth-order valence-electron chi connectivity index (χ4n) is 7.39. The number of carbonyl (C=O) groups excluding carboxylic acids is 5. The van der Waals surface area contributed by atoms with E-state index in [1.54, 1.807) is 33.0 Å². The van der Waals surface area contributed by atoms with Crippen LogP contribution in [0.5, 0.6) is 11.5 Å². The number of anilines is 3. The third kappa shape index (κ3) is 8.23. The van der Waals surface area contributed by atoms with Gasteiger partial charge in [0.2, 0.25) is 17.7 Å². The van der Waals surface area contributed by atoms with E-state index >= 15 is 0 Å². The van der Waals surface area contributed by atoms with Crippen LogP contribution in [0.25, 0.3) is 10.9 Å². The van der Waals surface area contributed by atoms with Crippen molar-refractivity contribution in [2.24, 2.45) is 5.41 Å². The Morgan fingerprint density at radius 2 is 1.79 bits per heavy atom. The number of imide groups is 2. The quantitative estimate of drug-likeness (QED) is 0.106. The minimum Gasteiger partial charge on any atom is -0.493 e. The van der Waals surface area contributed by atoms with Gasteiger partial charge >= 0.3 is 6.18 Å². The second-order valence-corrected chi connectivity index (χ2v) is 15.1. The molecule has 1 unspecified atom stereocenters. The van der Waals surface area contributed by atoms with Crippen LogP contribution in [-0.2, 0) is 20.6 Å². The van der Waals surface area contributed by atoms with Gasteiger partial charge in [0.05, 0.1) is 48.5 Å². The summed E-state index contributed by atoms with van der Waals surface area (Å²) in [5, 5.41) is 8.73. The van der Waals surface area contributed by atoms with Crippen LogP contribution in [0.4, 0.5) is 30.4 Å². The smallest absolute Gasteiger partial charge is 0.416 e. The summed E-state index contributed by atoms with van der Waals surface area (Å²) in [6.45, 7) is 4.23. The number of piperidine rings is 1. The zero-order valence-electron chi connectivity index (χ0n) is 32.1. The van der Waals surface area contributed by atoms with E-state index in [0.717, 1.165) is 29.9 Å². The molecule has 0 bridgehead atoms. The summed E-state index contributed by atoms with van der Waals surface area (Å²) in [4.78, 5) is 75.2. The van der Waals surface area contributed by atoms with Gasteiger partial charge in [-0.1, -0.05) is 0 Å². The van der Waals surface area contributed by atoms with Crippen LogP contribution in [0.3, 0.4) is 0 Å². The average Bonchev–Trinajstić information content (AvgIpc) is 3.87. The first-order chi connectivity index (χ1) is 27.4. The Morgan fingerprint density at radius 3 is 2.48 bits per heavy atom. The number of amides is 5. The lowest BCUT2D eigenvalue weighted by molar-refractivity contribution is -0.138. The molecule has 1 saturated carbocycles. The van der Waals surface area contributed by atoms with Crippen molar-refractivity contribution in [2.45, 2.75) is 57.8 Å². The third-order valence-corrected chi connectivity index (χ3v) is 10.5. The molecule has 1 aliphatic carbocycles. The lowest BCUT2D eigenvalue weighted by Gasteiger charge is -2.27. The highest BCUT2D eigenvalue weighted by Crippen LogP contribution is 2.47. The van der Waals surface area contributed by atoms with Crippen molar-refractivity contribution in [3.05, 3.63) is 76.6 Å². The van der Waals surface area contributed by atoms with Crippen LogP contribution in [0.2, 0.25) is 0 Å². The number of nitrogens with two attached hydrogens (primary N) is 1. The first-order valence-corrected chi connectivity index (χ1v) is 18.5. The second kappa shape index (κ2) is 15.2.